The molecule has 0 aliphatic heterocycles. The predicted molar refractivity (Wildman–Crippen MR) is 69.1 cm³/mol. The first-order valence-corrected chi connectivity index (χ1v) is 6.28. The minimum absolute atomic E-state index is 0.124. The maximum Gasteiger partial charge on any atom is 0.331 e. The largest absolute Gasteiger partial charge is 0.467 e. The van der Waals surface area contributed by atoms with E-state index >= 15 is 0 Å². The van der Waals surface area contributed by atoms with Gasteiger partial charge in [-0.2, -0.15) is 0 Å². The summed E-state index contributed by atoms with van der Waals surface area (Å²) in [5.41, 5.74) is -0.937. The van der Waals surface area contributed by atoms with Crippen LogP contribution in [0.15, 0.2) is 0 Å². The van der Waals surface area contributed by atoms with E-state index < -0.39 is 11.5 Å². The number of esters is 1. The second-order valence-corrected chi connectivity index (χ2v) is 4.89. The summed E-state index contributed by atoms with van der Waals surface area (Å²) in [5.74, 6) is -0.434. The number of hydrogen-bond donors (Lipinski definition) is 1. The highest BCUT2D eigenvalue weighted by Crippen LogP contribution is 2.15. The summed E-state index contributed by atoms with van der Waals surface area (Å²) in [6, 6.07) is 0. The number of ether oxygens (including phenoxy) is 2. The van der Waals surface area contributed by atoms with Crippen LogP contribution in [0, 0.1) is 5.92 Å². The molecular weight excluding hydrogens is 234 g/mol. The van der Waals surface area contributed by atoms with Gasteiger partial charge in [-0.05, 0) is 19.3 Å². The monoisotopic (exact) mass is 259 g/mol. The molecule has 0 spiro atoms. The molecule has 0 radical (unpaired) electrons. The average molecular weight is 259 g/mol. The maximum atomic E-state index is 11.9. The zero-order valence-corrected chi connectivity index (χ0v) is 12.0. The van der Waals surface area contributed by atoms with Crippen LogP contribution in [-0.4, -0.2) is 38.2 Å². The van der Waals surface area contributed by atoms with Gasteiger partial charge in [0.2, 0.25) is 5.91 Å². The molecule has 0 heterocycles. The van der Waals surface area contributed by atoms with Gasteiger partial charge in [0, 0.05) is 20.1 Å². The quantitative estimate of drug-likeness (QED) is 0.671. The third kappa shape index (κ3) is 5.49. The van der Waals surface area contributed by atoms with E-state index in [-0.39, 0.29) is 11.8 Å². The Labute approximate surface area is 109 Å². The number of carbonyl (C=O) groups excluding carboxylic acids is 2. The molecule has 5 heteroatoms. The van der Waals surface area contributed by atoms with Crippen molar-refractivity contribution >= 4 is 11.9 Å². The minimum Gasteiger partial charge on any atom is -0.467 e. The van der Waals surface area contributed by atoms with E-state index in [1.807, 2.05) is 13.8 Å². The van der Waals surface area contributed by atoms with Crippen molar-refractivity contribution in [3.63, 3.8) is 0 Å². The molecule has 0 aliphatic rings. The highest BCUT2D eigenvalue weighted by Gasteiger charge is 2.35. The van der Waals surface area contributed by atoms with Gasteiger partial charge in [0.25, 0.3) is 0 Å². The fourth-order valence-corrected chi connectivity index (χ4v) is 1.96. The van der Waals surface area contributed by atoms with E-state index in [1.54, 1.807) is 14.0 Å². The standard InChI is InChI=1S/C13H25NO4/c1-6-7-13(3,12(16)18-5)14-11(15)8-10(2)9-17-4/h10H,6-9H2,1-5H3,(H,14,15). The van der Waals surface area contributed by atoms with Gasteiger partial charge in [0.1, 0.15) is 5.54 Å². The number of carbonyl (C=O) groups is 2. The summed E-state index contributed by atoms with van der Waals surface area (Å²) < 4.78 is 9.72. The Morgan fingerprint density at radius 2 is 1.94 bits per heavy atom. The average Bonchev–Trinajstić information content (AvgIpc) is 2.27. The van der Waals surface area contributed by atoms with Gasteiger partial charge in [-0.25, -0.2) is 4.79 Å². The Kier molecular flexibility index (Phi) is 7.59. The van der Waals surface area contributed by atoms with Crippen LogP contribution in [0.25, 0.3) is 0 Å². The highest BCUT2D eigenvalue weighted by atomic mass is 16.5. The smallest absolute Gasteiger partial charge is 0.331 e. The van der Waals surface area contributed by atoms with E-state index in [0.29, 0.717) is 19.4 Å². The lowest BCUT2D eigenvalue weighted by Gasteiger charge is -2.28. The van der Waals surface area contributed by atoms with Crippen LogP contribution in [0.1, 0.15) is 40.0 Å². The van der Waals surface area contributed by atoms with E-state index in [1.165, 1.54) is 7.11 Å². The van der Waals surface area contributed by atoms with Crippen molar-refractivity contribution in [2.75, 3.05) is 20.8 Å². The van der Waals surface area contributed by atoms with E-state index in [0.717, 1.165) is 6.42 Å². The summed E-state index contributed by atoms with van der Waals surface area (Å²) in [5, 5.41) is 2.77. The Bertz CT molecular complexity index is 280. The molecule has 106 valence electrons. The van der Waals surface area contributed by atoms with Crippen molar-refractivity contribution in [2.45, 2.75) is 45.6 Å². The molecule has 5 nitrogen and oxygen atoms in total. The molecule has 1 amide bonds. The van der Waals surface area contributed by atoms with Gasteiger partial charge in [-0.15, -0.1) is 0 Å². The first-order chi connectivity index (χ1) is 8.39. The van der Waals surface area contributed by atoms with Crippen LogP contribution in [0.5, 0.6) is 0 Å². The Hall–Kier alpha value is -1.10. The topological polar surface area (TPSA) is 64.6 Å². The number of rotatable bonds is 8. The van der Waals surface area contributed by atoms with Crippen LogP contribution in [-0.2, 0) is 19.1 Å². The van der Waals surface area contributed by atoms with Gasteiger partial charge < -0.3 is 14.8 Å². The normalized spacial score (nSPS) is 15.6. The van der Waals surface area contributed by atoms with Gasteiger partial charge in [0.15, 0.2) is 0 Å². The Morgan fingerprint density at radius 3 is 2.39 bits per heavy atom. The van der Waals surface area contributed by atoms with E-state index in [4.69, 9.17) is 9.47 Å². The fraction of sp³-hybridized carbons (Fsp3) is 0.846. The van der Waals surface area contributed by atoms with Gasteiger partial charge >= 0.3 is 5.97 Å². The first-order valence-electron chi connectivity index (χ1n) is 6.28. The van der Waals surface area contributed by atoms with E-state index in [9.17, 15) is 9.59 Å². The number of nitrogens with one attached hydrogen (secondary N) is 1. The molecule has 18 heavy (non-hydrogen) atoms. The molecule has 0 aromatic carbocycles. The summed E-state index contributed by atoms with van der Waals surface area (Å²) in [6.07, 6.45) is 1.69. The molecule has 2 atom stereocenters. The molecule has 1 N–H and O–H groups in total. The third-order valence-electron chi connectivity index (χ3n) is 2.79. The van der Waals surface area contributed by atoms with Gasteiger partial charge in [0.05, 0.1) is 7.11 Å². The molecular formula is C13H25NO4. The van der Waals surface area contributed by atoms with Crippen LogP contribution in [0.4, 0.5) is 0 Å². The van der Waals surface area contributed by atoms with Crippen LogP contribution >= 0.6 is 0 Å². The van der Waals surface area contributed by atoms with Crippen molar-refractivity contribution < 1.29 is 19.1 Å². The lowest BCUT2D eigenvalue weighted by molar-refractivity contribution is -0.150. The summed E-state index contributed by atoms with van der Waals surface area (Å²) in [6.45, 7) is 6.11. The molecule has 0 saturated heterocycles. The fourth-order valence-electron chi connectivity index (χ4n) is 1.96. The van der Waals surface area contributed by atoms with Crippen LogP contribution in [0.2, 0.25) is 0 Å². The van der Waals surface area contributed by atoms with E-state index in [2.05, 4.69) is 5.32 Å². The molecule has 0 aromatic heterocycles. The molecule has 0 saturated carbocycles. The number of amides is 1. The van der Waals surface area contributed by atoms with Crippen molar-refractivity contribution in [2.24, 2.45) is 5.92 Å². The second kappa shape index (κ2) is 8.08. The minimum atomic E-state index is -0.937. The molecule has 0 bridgehead atoms. The summed E-state index contributed by atoms with van der Waals surface area (Å²) in [4.78, 5) is 23.6. The summed E-state index contributed by atoms with van der Waals surface area (Å²) >= 11 is 0. The first kappa shape index (κ1) is 16.9. The van der Waals surface area contributed by atoms with Crippen LogP contribution < -0.4 is 5.32 Å². The van der Waals surface area contributed by atoms with Crippen molar-refractivity contribution in [3.05, 3.63) is 0 Å². The zero-order valence-electron chi connectivity index (χ0n) is 12.0. The lowest BCUT2D eigenvalue weighted by Crippen LogP contribution is -2.53. The van der Waals surface area contributed by atoms with Crippen molar-refractivity contribution in [3.8, 4) is 0 Å². The van der Waals surface area contributed by atoms with Crippen molar-refractivity contribution in [1.82, 2.24) is 5.32 Å². The number of hydrogen-bond acceptors (Lipinski definition) is 4. The molecule has 0 rings (SSSR count). The van der Waals surface area contributed by atoms with Gasteiger partial charge in [-0.1, -0.05) is 20.3 Å². The van der Waals surface area contributed by atoms with Crippen molar-refractivity contribution in [1.29, 1.82) is 0 Å². The maximum absolute atomic E-state index is 11.9. The number of methoxy groups -OCH3 is 2. The molecule has 0 fully saturated rings. The molecule has 0 aromatic rings. The second-order valence-electron chi connectivity index (χ2n) is 4.89. The Balaban J connectivity index is 4.49. The molecule has 0 aliphatic carbocycles. The van der Waals surface area contributed by atoms with Gasteiger partial charge in [-0.3, -0.25) is 4.79 Å². The molecule has 2 unspecified atom stereocenters. The third-order valence-corrected chi connectivity index (χ3v) is 2.79. The predicted octanol–water partition coefficient (Wildman–Crippen LogP) is 1.51. The lowest BCUT2D eigenvalue weighted by atomic mass is 9.95. The SMILES string of the molecule is CCCC(C)(NC(=O)CC(C)COC)C(=O)OC. The zero-order chi connectivity index (χ0) is 14.2. The Morgan fingerprint density at radius 1 is 1.33 bits per heavy atom. The summed E-state index contributed by atoms with van der Waals surface area (Å²) in [7, 11) is 2.93. The van der Waals surface area contributed by atoms with Crippen LogP contribution in [0.3, 0.4) is 0 Å². The highest BCUT2D eigenvalue weighted by molar-refractivity contribution is 5.87.